The van der Waals surface area contributed by atoms with Crippen molar-refractivity contribution in [2.24, 2.45) is 0 Å². The van der Waals surface area contributed by atoms with Gasteiger partial charge in [-0.25, -0.2) is 4.39 Å². The Bertz CT molecular complexity index is 146. The van der Waals surface area contributed by atoms with Crippen LogP contribution in [0.25, 0.3) is 0 Å². The van der Waals surface area contributed by atoms with Gasteiger partial charge < -0.3 is 9.47 Å². The minimum absolute atomic E-state index is 0.00185. The number of halogens is 1. The highest BCUT2D eigenvalue weighted by molar-refractivity contribution is 5.05. The van der Waals surface area contributed by atoms with Crippen molar-refractivity contribution in [3.63, 3.8) is 0 Å². The minimum Gasteiger partial charge on any atom is -0.359 e. The molecule has 2 nitrogen and oxygen atoms in total. The third kappa shape index (κ3) is 0.767. The van der Waals surface area contributed by atoms with Crippen LogP contribution in [0.4, 0.5) is 4.39 Å². The number of ether oxygens (including phenoxy) is 2. The van der Waals surface area contributed by atoms with E-state index >= 15 is 0 Å². The van der Waals surface area contributed by atoms with Gasteiger partial charge in [0.05, 0.1) is 6.61 Å². The largest absolute Gasteiger partial charge is 0.359 e. The summed E-state index contributed by atoms with van der Waals surface area (Å²) in [4.78, 5) is 0. The second-order valence-electron chi connectivity index (χ2n) is 2.21. The fraction of sp³-hybridized carbons (Fsp3) is 0.667. The van der Waals surface area contributed by atoms with Gasteiger partial charge in [-0.2, -0.15) is 0 Å². The molecule has 2 bridgehead atoms. The first-order valence-corrected chi connectivity index (χ1v) is 2.96. The minimum atomic E-state index is -1.25. The van der Waals surface area contributed by atoms with E-state index < -0.39 is 12.5 Å². The van der Waals surface area contributed by atoms with Crippen molar-refractivity contribution < 1.29 is 13.9 Å². The Morgan fingerprint density at radius 1 is 1.44 bits per heavy atom. The maximum Gasteiger partial charge on any atom is 0.229 e. The zero-order valence-electron chi connectivity index (χ0n) is 4.79. The van der Waals surface area contributed by atoms with E-state index in [1.807, 2.05) is 6.08 Å². The van der Waals surface area contributed by atoms with Gasteiger partial charge in [0, 0.05) is 0 Å². The summed E-state index contributed by atoms with van der Waals surface area (Å²) in [5.41, 5.74) is 0. The van der Waals surface area contributed by atoms with Crippen molar-refractivity contribution in [2.45, 2.75) is 18.6 Å². The average molecular weight is 130 g/mol. The predicted molar refractivity (Wildman–Crippen MR) is 28.6 cm³/mol. The molecule has 3 heteroatoms. The van der Waals surface area contributed by atoms with E-state index in [0.717, 1.165) is 0 Å². The van der Waals surface area contributed by atoms with E-state index in [1.54, 1.807) is 6.08 Å². The maximum atomic E-state index is 12.5. The molecule has 1 saturated heterocycles. The van der Waals surface area contributed by atoms with Crippen LogP contribution < -0.4 is 0 Å². The lowest BCUT2D eigenvalue weighted by atomic mass is 10.3. The molecule has 1 unspecified atom stereocenters. The summed E-state index contributed by atoms with van der Waals surface area (Å²) < 4.78 is 22.3. The van der Waals surface area contributed by atoms with Crippen LogP contribution in [0.1, 0.15) is 0 Å². The SMILES string of the molecule is F[C@@H]1OCC2C=C[C@H]1O2. The first kappa shape index (κ1) is 5.38. The molecule has 50 valence electrons. The zero-order chi connectivity index (χ0) is 6.27. The van der Waals surface area contributed by atoms with Crippen molar-refractivity contribution in [1.82, 2.24) is 0 Å². The number of hydrogen-bond acceptors (Lipinski definition) is 2. The molecule has 2 rings (SSSR count). The van der Waals surface area contributed by atoms with Gasteiger partial charge in [-0.05, 0) is 0 Å². The Balaban J connectivity index is 2.14. The summed E-state index contributed by atoms with van der Waals surface area (Å²) in [7, 11) is 0. The fourth-order valence-corrected chi connectivity index (χ4v) is 1.05. The van der Waals surface area contributed by atoms with Crippen LogP contribution in [-0.2, 0) is 9.47 Å². The van der Waals surface area contributed by atoms with Crippen LogP contribution in [-0.4, -0.2) is 25.2 Å². The summed E-state index contributed by atoms with van der Waals surface area (Å²) in [6, 6.07) is 0. The molecular weight excluding hydrogens is 123 g/mol. The highest BCUT2D eigenvalue weighted by atomic mass is 19.1. The Morgan fingerprint density at radius 2 is 2.33 bits per heavy atom. The maximum absolute atomic E-state index is 12.5. The quantitative estimate of drug-likeness (QED) is 0.448. The average Bonchev–Trinajstić information content (AvgIpc) is 2.25. The first-order valence-electron chi connectivity index (χ1n) is 2.96. The third-order valence-corrected chi connectivity index (χ3v) is 1.53. The van der Waals surface area contributed by atoms with E-state index in [1.165, 1.54) is 0 Å². The van der Waals surface area contributed by atoms with Gasteiger partial charge in [-0.1, -0.05) is 12.2 Å². The van der Waals surface area contributed by atoms with E-state index in [9.17, 15) is 4.39 Å². The summed E-state index contributed by atoms with van der Waals surface area (Å²) in [5, 5.41) is 0. The molecule has 0 aromatic heterocycles. The van der Waals surface area contributed by atoms with Gasteiger partial charge in [0.25, 0.3) is 0 Å². The smallest absolute Gasteiger partial charge is 0.229 e. The van der Waals surface area contributed by atoms with Crippen LogP contribution >= 0.6 is 0 Å². The van der Waals surface area contributed by atoms with Crippen molar-refractivity contribution in [1.29, 1.82) is 0 Å². The normalized spacial score (nSPS) is 47.9. The lowest BCUT2D eigenvalue weighted by molar-refractivity contribution is -0.185. The molecule has 9 heavy (non-hydrogen) atoms. The molecule has 1 fully saturated rings. The van der Waals surface area contributed by atoms with Crippen LogP contribution in [0.2, 0.25) is 0 Å². The summed E-state index contributed by atoms with van der Waals surface area (Å²) in [5.74, 6) is 0. The van der Waals surface area contributed by atoms with Crippen molar-refractivity contribution in [3.8, 4) is 0 Å². The van der Waals surface area contributed by atoms with Crippen LogP contribution in [0, 0.1) is 0 Å². The number of rotatable bonds is 0. The van der Waals surface area contributed by atoms with Crippen LogP contribution in [0.5, 0.6) is 0 Å². The Morgan fingerprint density at radius 3 is 3.11 bits per heavy atom. The predicted octanol–water partition coefficient (Wildman–Crippen LogP) is 0.636. The molecule has 0 aromatic carbocycles. The fourth-order valence-electron chi connectivity index (χ4n) is 1.05. The molecule has 0 spiro atoms. The monoisotopic (exact) mass is 130 g/mol. The molecule has 0 aliphatic carbocycles. The molecule has 2 aliphatic heterocycles. The zero-order valence-corrected chi connectivity index (χ0v) is 4.79. The number of hydrogen-bond donors (Lipinski definition) is 0. The molecule has 2 aliphatic rings. The first-order chi connectivity index (χ1) is 4.36. The van der Waals surface area contributed by atoms with E-state index in [2.05, 4.69) is 0 Å². The second-order valence-corrected chi connectivity index (χ2v) is 2.21. The van der Waals surface area contributed by atoms with E-state index in [0.29, 0.717) is 6.61 Å². The van der Waals surface area contributed by atoms with Gasteiger partial charge in [-0.3, -0.25) is 0 Å². The molecule has 0 aromatic rings. The van der Waals surface area contributed by atoms with Gasteiger partial charge in [0.2, 0.25) is 6.36 Å². The van der Waals surface area contributed by atoms with Crippen molar-refractivity contribution in [2.75, 3.05) is 6.61 Å². The molecule has 2 heterocycles. The van der Waals surface area contributed by atoms with Crippen molar-refractivity contribution in [3.05, 3.63) is 12.2 Å². The molecule has 0 radical (unpaired) electrons. The molecule has 0 amide bonds. The molecule has 0 saturated carbocycles. The highest BCUT2D eigenvalue weighted by Gasteiger charge is 2.33. The van der Waals surface area contributed by atoms with Gasteiger partial charge in [0.1, 0.15) is 12.2 Å². The van der Waals surface area contributed by atoms with Crippen LogP contribution in [0.15, 0.2) is 12.2 Å². The second kappa shape index (κ2) is 1.78. The topological polar surface area (TPSA) is 18.5 Å². The molecule has 3 atom stereocenters. The van der Waals surface area contributed by atoms with Gasteiger partial charge >= 0.3 is 0 Å². The van der Waals surface area contributed by atoms with Crippen molar-refractivity contribution >= 4 is 0 Å². The number of alkyl halides is 1. The van der Waals surface area contributed by atoms with Gasteiger partial charge in [-0.15, -0.1) is 0 Å². The highest BCUT2D eigenvalue weighted by Crippen LogP contribution is 2.23. The van der Waals surface area contributed by atoms with Gasteiger partial charge in [0.15, 0.2) is 0 Å². The summed E-state index contributed by atoms with van der Waals surface area (Å²) >= 11 is 0. The van der Waals surface area contributed by atoms with E-state index in [-0.39, 0.29) is 6.10 Å². The third-order valence-electron chi connectivity index (χ3n) is 1.53. The Hall–Kier alpha value is -0.410. The Labute approximate surface area is 52.3 Å². The lowest BCUT2D eigenvalue weighted by Gasteiger charge is -2.23. The Kier molecular flexibility index (Phi) is 1.07. The summed E-state index contributed by atoms with van der Waals surface area (Å²) in [6.45, 7) is 0.355. The summed E-state index contributed by atoms with van der Waals surface area (Å²) in [6.07, 6.45) is 1.86. The lowest BCUT2D eigenvalue weighted by Crippen LogP contribution is -2.34. The van der Waals surface area contributed by atoms with Crippen LogP contribution in [0.3, 0.4) is 0 Å². The number of fused-ring (bicyclic) bond motifs is 2. The standard InChI is InChI=1S/C6H7FO2/c7-6-5-2-1-4(9-5)3-8-6/h1-2,4-6H,3H2/t4?,5-,6-/m1/s1. The molecular formula is C6H7FO2. The molecule has 0 N–H and O–H groups in total. The van der Waals surface area contributed by atoms with E-state index in [4.69, 9.17) is 9.47 Å².